The van der Waals surface area contributed by atoms with Crippen LogP contribution in [0.2, 0.25) is 5.02 Å². The molecule has 0 atom stereocenters. The highest BCUT2D eigenvalue weighted by atomic mass is 35.5. The summed E-state index contributed by atoms with van der Waals surface area (Å²) in [6.07, 6.45) is 0. The van der Waals surface area contributed by atoms with Gasteiger partial charge < -0.3 is 10.6 Å². The second-order valence-electron chi connectivity index (χ2n) is 4.26. The summed E-state index contributed by atoms with van der Waals surface area (Å²) in [7, 11) is 1.72. The van der Waals surface area contributed by atoms with Gasteiger partial charge in [0.1, 0.15) is 5.69 Å². The number of nitrogens with two attached hydrogens (primary N) is 1. The summed E-state index contributed by atoms with van der Waals surface area (Å²) in [4.78, 5) is 17.9. The molecule has 19 heavy (non-hydrogen) atoms. The van der Waals surface area contributed by atoms with E-state index in [1.54, 1.807) is 35.5 Å². The second kappa shape index (κ2) is 5.59. The number of amides is 1. The van der Waals surface area contributed by atoms with Gasteiger partial charge in [0, 0.05) is 29.7 Å². The van der Waals surface area contributed by atoms with Gasteiger partial charge in [-0.2, -0.15) is 0 Å². The Bertz CT molecular complexity index is 612. The molecule has 0 unspecified atom stereocenters. The van der Waals surface area contributed by atoms with E-state index in [0.717, 1.165) is 10.6 Å². The Labute approximate surface area is 120 Å². The van der Waals surface area contributed by atoms with Crippen LogP contribution in [0.1, 0.15) is 21.1 Å². The lowest BCUT2D eigenvalue weighted by Crippen LogP contribution is -2.26. The van der Waals surface area contributed by atoms with Crippen LogP contribution in [0, 0.1) is 6.92 Å². The Balaban J connectivity index is 2.14. The van der Waals surface area contributed by atoms with Crippen molar-refractivity contribution in [3.05, 3.63) is 44.9 Å². The van der Waals surface area contributed by atoms with Crippen molar-refractivity contribution in [2.24, 2.45) is 0 Å². The zero-order chi connectivity index (χ0) is 14.0. The van der Waals surface area contributed by atoms with E-state index in [-0.39, 0.29) is 5.91 Å². The maximum Gasteiger partial charge on any atom is 0.273 e. The summed E-state index contributed by atoms with van der Waals surface area (Å²) in [6.45, 7) is 2.27. The molecule has 1 heterocycles. The van der Waals surface area contributed by atoms with Gasteiger partial charge in [0.2, 0.25) is 0 Å². The lowest BCUT2D eigenvalue weighted by Gasteiger charge is -2.17. The van der Waals surface area contributed by atoms with Crippen molar-refractivity contribution in [2.45, 2.75) is 13.5 Å². The van der Waals surface area contributed by atoms with E-state index in [1.807, 2.05) is 6.92 Å². The van der Waals surface area contributed by atoms with Gasteiger partial charge in [0.05, 0.1) is 5.01 Å². The Hall–Kier alpha value is -1.59. The summed E-state index contributed by atoms with van der Waals surface area (Å²) < 4.78 is 0. The SMILES string of the molecule is Cc1nc(C(=O)N(C)Cc2cc(N)ccc2Cl)cs1. The third kappa shape index (κ3) is 3.24. The van der Waals surface area contributed by atoms with E-state index in [2.05, 4.69) is 4.98 Å². The van der Waals surface area contributed by atoms with Gasteiger partial charge >= 0.3 is 0 Å². The molecule has 6 heteroatoms. The van der Waals surface area contributed by atoms with Crippen LogP contribution in [0.4, 0.5) is 5.69 Å². The van der Waals surface area contributed by atoms with Crippen LogP contribution < -0.4 is 5.73 Å². The third-order valence-corrected chi connectivity index (χ3v) is 3.80. The summed E-state index contributed by atoms with van der Waals surface area (Å²) in [5.74, 6) is -0.122. The van der Waals surface area contributed by atoms with Crippen LogP contribution in [0.3, 0.4) is 0 Å². The standard InChI is InChI=1S/C13H14ClN3OS/c1-8-16-12(7-19-8)13(18)17(2)6-9-5-10(15)3-4-11(9)14/h3-5,7H,6,15H2,1-2H3. The van der Waals surface area contributed by atoms with E-state index in [1.165, 1.54) is 11.3 Å². The molecule has 0 aliphatic heterocycles. The van der Waals surface area contributed by atoms with E-state index in [9.17, 15) is 4.79 Å². The Morgan fingerprint density at radius 1 is 1.53 bits per heavy atom. The number of carbonyl (C=O) groups excluding carboxylic acids is 1. The van der Waals surface area contributed by atoms with Crippen LogP contribution >= 0.6 is 22.9 Å². The van der Waals surface area contributed by atoms with Crippen LogP contribution in [-0.4, -0.2) is 22.8 Å². The van der Waals surface area contributed by atoms with Crippen molar-refractivity contribution in [1.82, 2.24) is 9.88 Å². The van der Waals surface area contributed by atoms with Crippen molar-refractivity contribution in [2.75, 3.05) is 12.8 Å². The van der Waals surface area contributed by atoms with Gasteiger partial charge in [-0.15, -0.1) is 11.3 Å². The van der Waals surface area contributed by atoms with Gasteiger partial charge in [-0.1, -0.05) is 11.6 Å². The predicted molar refractivity (Wildman–Crippen MR) is 78.5 cm³/mol. The van der Waals surface area contributed by atoms with E-state index in [4.69, 9.17) is 17.3 Å². The molecule has 0 aliphatic rings. The molecule has 2 rings (SSSR count). The fourth-order valence-corrected chi connectivity index (χ4v) is 2.46. The molecule has 4 nitrogen and oxygen atoms in total. The molecule has 1 aromatic carbocycles. The van der Waals surface area contributed by atoms with Crippen molar-refractivity contribution in [3.63, 3.8) is 0 Å². The lowest BCUT2D eigenvalue weighted by molar-refractivity contribution is 0.0780. The largest absolute Gasteiger partial charge is 0.399 e. The minimum atomic E-state index is -0.122. The molecule has 0 bridgehead atoms. The van der Waals surface area contributed by atoms with Crippen LogP contribution in [0.25, 0.3) is 0 Å². The molecule has 0 spiro atoms. The fourth-order valence-electron chi connectivity index (χ4n) is 1.70. The average molecular weight is 296 g/mol. The molecule has 0 radical (unpaired) electrons. The molecular formula is C13H14ClN3OS. The fraction of sp³-hybridized carbons (Fsp3) is 0.231. The molecule has 100 valence electrons. The van der Waals surface area contributed by atoms with Gasteiger partial charge in [0.25, 0.3) is 5.91 Å². The van der Waals surface area contributed by atoms with Crippen molar-refractivity contribution < 1.29 is 4.79 Å². The first-order chi connectivity index (χ1) is 8.97. The number of hydrogen-bond acceptors (Lipinski definition) is 4. The monoisotopic (exact) mass is 295 g/mol. The van der Waals surface area contributed by atoms with Gasteiger partial charge in [-0.3, -0.25) is 4.79 Å². The number of rotatable bonds is 3. The van der Waals surface area contributed by atoms with Crippen LogP contribution in [0.15, 0.2) is 23.6 Å². The van der Waals surface area contributed by atoms with Crippen molar-refractivity contribution >= 4 is 34.5 Å². The molecule has 1 amide bonds. The maximum atomic E-state index is 12.2. The normalized spacial score (nSPS) is 10.5. The summed E-state index contributed by atoms with van der Waals surface area (Å²) in [5.41, 5.74) is 7.64. The summed E-state index contributed by atoms with van der Waals surface area (Å²) in [5, 5.41) is 3.23. The number of anilines is 1. The zero-order valence-corrected chi connectivity index (χ0v) is 12.3. The highest BCUT2D eigenvalue weighted by Crippen LogP contribution is 2.21. The first-order valence-electron chi connectivity index (χ1n) is 5.69. The van der Waals surface area contributed by atoms with Gasteiger partial charge in [0.15, 0.2) is 0 Å². The number of hydrogen-bond donors (Lipinski definition) is 1. The summed E-state index contributed by atoms with van der Waals surface area (Å²) in [6, 6.07) is 5.24. The molecule has 2 aromatic rings. The number of carbonyl (C=O) groups is 1. The van der Waals surface area contributed by atoms with E-state index in [0.29, 0.717) is 22.9 Å². The molecule has 0 saturated carbocycles. The Morgan fingerprint density at radius 3 is 2.89 bits per heavy atom. The molecule has 0 aliphatic carbocycles. The molecule has 1 aromatic heterocycles. The molecule has 0 fully saturated rings. The minimum absolute atomic E-state index is 0.122. The number of benzene rings is 1. The highest BCUT2D eigenvalue weighted by Gasteiger charge is 2.16. The number of thiazole rings is 1. The number of nitrogens with zero attached hydrogens (tertiary/aromatic N) is 2. The number of nitrogen functional groups attached to an aromatic ring is 1. The first-order valence-corrected chi connectivity index (χ1v) is 6.94. The Morgan fingerprint density at radius 2 is 2.26 bits per heavy atom. The predicted octanol–water partition coefficient (Wildman–Crippen LogP) is 2.96. The average Bonchev–Trinajstić information content (AvgIpc) is 2.79. The molecule has 0 saturated heterocycles. The number of aryl methyl sites for hydroxylation is 1. The van der Waals surface area contributed by atoms with Gasteiger partial charge in [-0.05, 0) is 30.7 Å². The third-order valence-electron chi connectivity index (χ3n) is 2.66. The lowest BCUT2D eigenvalue weighted by atomic mass is 10.2. The Kier molecular flexibility index (Phi) is 4.07. The smallest absolute Gasteiger partial charge is 0.273 e. The minimum Gasteiger partial charge on any atom is -0.399 e. The van der Waals surface area contributed by atoms with E-state index < -0.39 is 0 Å². The highest BCUT2D eigenvalue weighted by molar-refractivity contribution is 7.09. The topological polar surface area (TPSA) is 59.2 Å². The number of halogens is 1. The molecular weight excluding hydrogens is 282 g/mol. The first kappa shape index (κ1) is 13.8. The number of aromatic nitrogens is 1. The molecule has 2 N–H and O–H groups in total. The zero-order valence-electron chi connectivity index (χ0n) is 10.7. The maximum absolute atomic E-state index is 12.2. The second-order valence-corrected chi connectivity index (χ2v) is 5.73. The van der Waals surface area contributed by atoms with Crippen molar-refractivity contribution in [1.29, 1.82) is 0 Å². The van der Waals surface area contributed by atoms with Crippen molar-refractivity contribution in [3.8, 4) is 0 Å². The summed E-state index contributed by atoms with van der Waals surface area (Å²) >= 11 is 7.55. The van der Waals surface area contributed by atoms with E-state index >= 15 is 0 Å². The van der Waals surface area contributed by atoms with Crippen LogP contribution in [-0.2, 0) is 6.54 Å². The van der Waals surface area contributed by atoms with Crippen LogP contribution in [0.5, 0.6) is 0 Å². The quantitative estimate of drug-likeness (QED) is 0.886. The van der Waals surface area contributed by atoms with Gasteiger partial charge in [-0.25, -0.2) is 4.98 Å².